The molecule has 0 saturated carbocycles. The Hall–Kier alpha value is -14.7. The Kier molecular flexibility index (Phi) is 37.4. The highest BCUT2D eigenvalue weighted by Gasteiger charge is 2.38. The van der Waals surface area contributed by atoms with E-state index in [0.29, 0.717) is 115 Å². The van der Waals surface area contributed by atoms with Crippen LogP contribution < -0.4 is 26.6 Å². The molecule has 5 aromatic carbocycles. The highest BCUT2D eigenvalue weighted by molar-refractivity contribution is 6.31. The lowest BCUT2D eigenvalue weighted by Gasteiger charge is -2.34. The fourth-order valence-electron chi connectivity index (χ4n) is 16.9. The van der Waals surface area contributed by atoms with Gasteiger partial charge in [-0.25, -0.2) is 47.7 Å². The fourth-order valence-corrected chi connectivity index (χ4v) is 17.7. The monoisotopic (exact) mass is 2110 g/mol. The molecular formula is C104H102Cl5F3N18O17. The number of carbonyl (C=O) groups is 10. The van der Waals surface area contributed by atoms with Gasteiger partial charge in [0.05, 0.1) is 96.1 Å². The molecular weight excluding hydrogens is 2010 g/mol. The van der Waals surface area contributed by atoms with Gasteiger partial charge in [0.2, 0.25) is 17.7 Å². The van der Waals surface area contributed by atoms with Crippen molar-refractivity contribution in [3.05, 3.63) is 325 Å². The maximum Gasteiger partial charge on any atom is 0.336 e. The number of aliphatic hydroxyl groups is 2. The zero-order valence-corrected chi connectivity index (χ0v) is 83.2. The first-order chi connectivity index (χ1) is 70.7. The van der Waals surface area contributed by atoms with Crippen molar-refractivity contribution in [2.75, 3.05) is 67.7 Å². The van der Waals surface area contributed by atoms with E-state index in [1.54, 1.807) is 176 Å². The van der Waals surface area contributed by atoms with Crippen LogP contribution in [0.4, 0.5) is 13.2 Å². The Balaban J connectivity index is 0.000000145. The minimum absolute atomic E-state index is 0.0166. The van der Waals surface area contributed by atoms with Crippen molar-refractivity contribution in [3.63, 3.8) is 0 Å². The van der Waals surface area contributed by atoms with Crippen LogP contribution >= 0.6 is 58.0 Å². The number of carboxylic acid groups (broad SMARTS) is 1. The van der Waals surface area contributed by atoms with Gasteiger partial charge in [-0.15, -0.1) is 0 Å². The topological polar surface area (TPSA) is 482 Å². The Bertz CT molecular complexity index is 6990. The molecule has 0 radical (unpaired) electrons. The zero-order chi connectivity index (χ0) is 105. The number of H-pyrrole nitrogens is 5. The number of carbonyl (C=O) groups excluding carboxylic acids is 9. The normalized spacial score (nSPS) is 15.4. The molecule has 3 aliphatic rings. The molecule has 3 fully saturated rings. The molecule has 35 nitrogen and oxygen atoms in total. The second-order valence-corrected chi connectivity index (χ2v) is 36.8. The number of aliphatic hydroxyl groups excluding tert-OH is 2. The number of hydrogen-bond donors (Lipinski definition) is 13. The highest BCUT2D eigenvalue weighted by Crippen LogP contribution is 2.28. The van der Waals surface area contributed by atoms with Gasteiger partial charge in [0, 0.05) is 107 Å². The van der Waals surface area contributed by atoms with Crippen LogP contribution in [0.5, 0.6) is 0 Å². The molecule has 0 bridgehead atoms. The van der Waals surface area contributed by atoms with Crippen LogP contribution in [0.15, 0.2) is 225 Å². The molecule has 3 saturated heterocycles. The van der Waals surface area contributed by atoms with Crippen molar-refractivity contribution in [1.82, 2.24) is 91.1 Å². The number of fused-ring (bicyclic) bond motifs is 5. The summed E-state index contributed by atoms with van der Waals surface area (Å²) < 4.78 is 60.6. The van der Waals surface area contributed by atoms with Crippen LogP contribution in [0.1, 0.15) is 106 Å². The van der Waals surface area contributed by atoms with Gasteiger partial charge in [-0.1, -0.05) is 155 Å². The number of ether oxygens (including phenoxy) is 4. The number of hydrogen-bond acceptors (Lipinski definition) is 21. The van der Waals surface area contributed by atoms with Gasteiger partial charge in [-0.3, -0.25) is 38.4 Å². The number of carboxylic acids is 1. The number of pyridine rings is 5. The average molecular weight is 2110 g/mol. The molecule has 0 spiro atoms. The maximum atomic E-state index is 13.3. The molecule has 9 atom stereocenters. The van der Waals surface area contributed by atoms with E-state index < -0.39 is 83.9 Å². The molecule has 147 heavy (non-hydrogen) atoms. The van der Waals surface area contributed by atoms with Gasteiger partial charge < -0.3 is 100 Å². The summed E-state index contributed by atoms with van der Waals surface area (Å²) in [7, 11) is 6.09. The number of rotatable bonds is 30. The van der Waals surface area contributed by atoms with Gasteiger partial charge in [-0.05, 0) is 163 Å². The first-order valence-corrected chi connectivity index (χ1v) is 48.3. The van der Waals surface area contributed by atoms with E-state index in [-0.39, 0.29) is 97.0 Å². The van der Waals surface area contributed by atoms with Crippen molar-refractivity contribution >= 4 is 172 Å². The third-order valence-electron chi connectivity index (χ3n) is 24.8. The number of benzene rings is 5. The predicted molar refractivity (Wildman–Crippen MR) is 545 cm³/mol. The Labute approximate surface area is 863 Å². The average Bonchev–Trinajstić information content (AvgIpc) is 1.77. The molecule has 2 unspecified atom stereocenters. The maximum absolute atomic E-state index is 13.3. The van der Waals surface area contributed by atoms with Gasteiger partial charge in [0.15, 0.2) is 12.2 Å². The highest BCUT2D eigenvalue weighted by atomic mass is 35.5. The van der Waals surface area contributed by atoms with Crippen LogP contribution in [-0.4, -0.2) is 267 Å². The summed E-state index contributed by atoms with van der Waals surface area (Å²) in [5.41, 5.74) is 8.57. The second-order valence-electron chi connectivity index (χ2n) is 34.9. The van der Waals surface area contributed by atoms with E-state index in [9.17, 15) is 71.3 Å². The van der Waals surface area contributed by atoms with Crippen LogP contribution in [0, 0.1) is 17.5 Å². The van der Waals surface area contributed by atoms with Crippen LogP contribution in [-0.2, 0) is 75.0 Å². The Morgan fingerprint density at radius 3 is 0.864 bits per heavy atom. The van der Waals surface area contributed by atoms with Crippen LogP contribution in [0.3, 0.4) is 0 Å². The van der Waals surface area contributed by atoms with Crippen molar-refractivity contribution in [3.8, 4) is 0 Å². The SMILES string of the molecule is COC(=O)[C@@H](O)C(Cc1ccccc1)NC(=O)c1cc2cc(Cl)ncc2[nH]1.COC1CCN(C(=O)[C@H](Cc2ccc(F)cc2)NC(=O)c2cc3cc(Cl)ncc3[nH]2)CC1.CO[C@@H]1CCN(C(=O)[C@H](Cc2ccc(F)cc2)NC(=O)c2cc3cc(Cl)ncc3[nH]2)C1.CO[C@H]1CCN(C(=O)[C@H](Cc2ccc(F)cc2)NC(=O)c2cc3cc(Cl)ncc3[nH]2)C1.O=C(NC(Cc1ccccc1)[C@H](O)C(=O)O)c1cc2cc(Cl)ncc2[nH]1. The third-order valence-corrected chi connectivity index (χ3v) is 25.8. The van der Waals surface area contributed by atoms with Crippen molar-refractivity contribution in [2.45, 2.75) is 119 Å². The summed E-state index contributed by atoms with van der Waals surface area (Å²) in [4.78, 5) is 167. The number of aromatic nitrogens is 10. The number of methoxy groups -OCH3 is 4. The van der Waals surface area contributed by atoms with E-state index in [2.05, 4.69) is 81.2 Å². The minimum atomic E-state index is -1.74. The summed E-state index contributed by atoms with van der Waals surface area (Å²) in [6, 6.07) is 48.1. The summed E-state index contributed by atoms with van der Waals surface area (Å²) >= 11 is 29.5. The van der Waals surface area contributed by atoms with Gasteiger partial charge in [0.1, 0.15) is 89.8 Å². The van der Waals surface area contributed by atoms with E-state index in [0.717, 1.165) is 75.0 Å². The molecule has 43 heteroatoms. The van der Waals surface area contributed by atoms with E-state index in [1.807, 2.05) is 36.4 Å². The summed E-state index contributed by atoms with van der Waals surface area (Å²) in [6.45, 7) is 3.18. The second kappa shape index (κ2) is 50.9. The lowest BCUT2D eigenvalue weighted by atomic mass is 10.0. The smallest absolute Gasteiger partial charge is 0.336 e. The van der Waals surface area contributed by atoms with Crippen molar-refractivity contribution in [1.29, 1.82) is 0 Å². The standard InChI is InChI=1S/C23H24ClFN4O3.2C22H22ClFN4O3.C19H18ClN3O4.C18H16ClN3O4/c1-32-17-6-8-29(9-7-17)23(31)19(10-14-2-4-16(25)5-3-14)28-22(30)18-11-15-12-21(24)26-13-20(15)27-18;2*1-31-16-6-7-28(12-16)22(30)18(8-13-2-4-15(24)5-3-13)27-21(29)17-9-14-10-20(23)25-11-19(14)26-17;1-27-19(26)17(24)13(7-11-5-3-2-4-6-11)23-18(25)14-8-12-9-16(20)21-10-15(12)22-14;19-15-8-11-7-13(21-14(11)9-20-15)17(24)22-12(16(23)18(25)26)6-10-4-2-1-3-5-10/h2-5,11-13,17,19,27H,6-10H2,1H3,(H,28,30);2*2-5,9-11,16,18,26H,6-8,12H2,1H3,(H,27,29);2-6,8-10,13,17,22,24H,7H2,1H3,(H,23,25);1-5,7-9,12,16,21,23H,6H2,(H,22,24)(H,25,26)/t19-;16-,18+;16-,18-;13?,17-;12?,16-/m01000/s1. The molecule has 13 heterocycles. The number of amides is 8. The molecule has 3 aliphatic heterocycles. The summed E-state index contributed by atoms with van der Waals surface area (Å²) in [5.74, 6) is -6.10. The van der Waals surface area contributed by atoms with Gasteiger partial charge in [-0.2, -0.15) is 0 Å². The molecule has 15 aromatic rings. The molecule has 13 N–H and O–H groups in total. The largest absolute Gasteiger partial charge is 0.479 e. The number of likely N-dealkylation sites (tertiary alicyclic amines) is 3. The van der Waals surface area contributed by atoms with E-state index >= 15 is 0 Å². The fraction of sp³-hybridized carbons (Fsp3) is 0.279. The van der Waals surface area contributed by atoms with Crippen molar-refractivity contribution < 1.29 is 95.4 Å². The predicted octanol–water partition coefficient (Wildman–Crippen LogP) is 13.3. The summed E-state index contributed by atoms with van der Waals surface area (Å²) in [6.07, 6.45) is 8.69. The summed E-state index contributed by atoms with van der Waals surface area (Å²) in [5, 5.41) is 48.4. The lowest BCUT2D eigenvalue weighted by Crippen LogP contribution is -2.52. The van der Waals surface area contributed by atoms with Crippen molar-refractivity contribution in [2.24, 2.45) is 0 Å². The number of piperidine rings is 1. The Morgan fingerprint density at radius 1 is 0.347 bits per heavy atom. The van der Waals surface area contributed by atoms with Gasteiger partial charge >= 0.3 is 11.9 Å². The molecule has 10 aromatic heterocycles. The number of esters is 1. The zero-order valence-electron chi connectivity index (χ0n) is 79.4. The molecule has 766 valence electrons. The number of aromatic amines is 5. The molecule has 18 rings (SSSR count). The van der Waals surface area contributed by atoms with E-state index in [1.165, 1.54) is 55.9 Å². The molecule has 8 amide bonds. The quantitative estimate of drug-likeness (QED) is 0.0147. The first kappa shape index (κ1) is 108. The third kappa shape index (κ3) is 29.6. The van der Waals surface area contributed by atoms with Crippen LogP contribution in [0.2, 0.25) is 25.8 Å². The molecule has 0 aliphatic carbocycles. The minimum Gasteiger partial charge on any atom is -0.479 e. The number of aliphatic carboxylic acids is 1. The Morgan fingerprint density at radius 2 is 0.599 bits per heavy atom. The van der Waals surface area contributed by atoms with Gasteiger partial charge in [0.25, 0.3) is 29.5 Å². The first-order valence-electron chi connectivity index (χ1n) is 46.4. The number of nitrogens with one attached hydrogen (secondary N) is 10. The number of halogens is 8. The lowest BCUT2D eigenvalue weighted by molar-refractivity contribution is -0.152. The van der Waals surface area contributed by atoms with E-state index in [4.69, 9.17) is 77.3 Å². The van der Waals surface area contributed by atoms with Crippen LogP contribution in [0.25, 0.3) is 54.5 Å². The number of nitrogens with zero attached hydrogens (tertiary/aromatic N) is 8.